The number of nitrogens with two attached hydrogens (primary N) is 1. The molecule has 228 valence electrons. The number of benzene rings is 1. The average molecular weight is 588 g/mol. The number of rotatable bonds is 7. The van der Waals surface area contributed by atoms with Gasteiger partial charge in [0.25, 0.3) is 0 Å². The first kappa shape index (κ1) is 31.3. The maximum Gasteiger partial charge on any atom is 0.328 e. The summed E-state index contributed by atoms with van der Waals surface area (Å²) < 4.78 is 5.06. The zero-order valence-corrected chi connectivity index (χ0v) is 24.3. The molecule has 0 aliphatic heterocycles. The van der Waals surface area contributed by atoms with Crippen molar-refractivity contribution in [2.45, 2.75) is 63.8 Å². The van der Waals surface area contributed by atoms with Crippen LogP contribution >= 0.6 is 0 Å². The number of nitrogens with zero attached hydrogens (tertiary/aromatic N) is 1. The van der Waals surface area contributed by atoms with Gasteiger partial charge >= 0.3 is 5.97 Å². The number of hydrogen-bond acceptors (Lipinski definition) is 12. The van der Waals surface area contributed by atoms with Crippen molar-refractivity contribution in [1.82, 2.24) is 4.90 Å². The minimum absolute atomic E-state index is 0.0130. The molecule has 0 spiro atoms. The summed E-state index contributed by atoms with van der Waals surface area (Å²) >= 11 is 0. The molecule has 0 aromatic heterocycles. The number of anilines is 1. The zero-order chi connectivity index (χ0) is 31.6. The molecule has 4 rings (SSSR count). The molecule has 0 radical (unpaired) electrons. The molecule has 42 heavy (non-hydrogen) atoms. The third kappa shape index (κ3) is 4.01. The van der Waals surface area contributed by atoms with E-state index >= 15 is 0 Å². The maximum absolute atomic E-state index is 14.2. The van der Waals surface area contributed by atoms with E-state index < -0.39 is 93.6 Å². The Hall–Kier alpha value is -3.68. The SMILES string of the molecule is CCOC(=O)C(CC)Nc1ccc2c(c1O)C(=O)C1C(=O)[C@@]3(O)C(=O)C(C(N)=O)C(=O)[C@H](N(C)C)[C@H]3[C@H](O)[C@@]1(C)[C@@H]2C. The van der Waals surface area contributed by atoms with E-state index in [-0.39, 0.29) is 29.8 Å². The van der Waals surface area contributed by atoms with E-state index in [0.717, 1.165) is 0 Å². The van der Waals surface area contributed by atoms with Gasteiger partial charge in [-0.1, -0.05) is 26.8 Å². The molecule has 0 heterocycles. The Morgan fingerprint density at radius 3 is 2.29 bits per heavy atom. The monoisotopic (exact) mass is 587 g/mol. The van der Waals surface area contributed by atoms with Crippen LogP contribution in [-0.4, -0.2) is 99.7 Å². The molecule has 0 bridgehead atoms. The number of aliphatic hydroxyl groups excluding tert-OH is 1. The molecule has 13 heteroatoms. The van der Waals surface area contributed by atoms with Crippen molar-refractivity contribution >= 4 is 40.7 Å². The highest BCUT2D eigenvalue weighted by Gasteiger charge is 2.76. The van der Waals surface area contributed by atoms with Gasteiger partial charge in [-0.2, -0.15) is 0 Å². The molecular formula is C29H37N3O10. The van der Waals surface area contributed by atoms with Gasteiger partial charge in [0.05, 0.1) is 41.8 Å². The number of Topliss-reactive ketones (excluding diaryl/α,β-unsaturated/α-hetero) is 4. The topological polar surface area (TPSA) is 214 Å². The van der Waals surface area contributed by atoms with E-state index in [0.29, 0.717) is 0 Å². The van der Waals surface area contributed by atoms with Crippen molar-refractivity contribution in [3.05, 3.63) is 23.3 Å². The number of ketones is 4. The Morgan fingerprint density at radius 1 is 1.14 bits per heavy atom. The number of phenols is 1. The second-order valence-electron chi connectivity index (χ2n) is 11.8. The molecule has 3 aliphatic rings. The number of likely N-dealkylation sites (N-methyl/N-ethyl adjacent to an activating group) is 1. The summed E-state index contributed by atoms with van der Waals surface area (Å²) in [4.78, 5) is 81.1. The fourth-order valence-electron chi connectivity index (χ4n) is 7.17. The summed E-state index contributed by atoms with van der Waals surface area (Å²) in [6, 6.07) is 0.673. The number of carbonyl (C=O) groups excluding carboxylic acids is 6. The van der Waals surface area contributed by atoms with Crippen LogP contribution in [0.5, 0.6) is 5.75 Å². The second-order valence-corrected chi connectivity index (χ2v) is 11.8. The Bertz CT molecular complexity index is 1390. The predicted molar refractivity (Wildman–Crippen MR) is 146 cm³/mol. The van der Waals surface area contributed by atoms with Crippen LogP contribution in [0.4, 0.5) is 5.69 Å². The van der Waals surface area contributed by atoms with Gasteiger partial charge in [0.2, 0.25) is 5.91 Å². The summed E-state index contributed by atoms with van der Waals surface area (Å²) in [5.74, 6) is -13.7. The van der Waals surface area contributed by atoms with Crippen molar-refractivity contribution in [2.24, 2.45) is 28.9 Å². The standard InChI is InChI=1S/C29H37N3O10/c1-7-13(27(40)42-8-2)31-14-10-9-12-11(3)28(4)18(21(34)15(12)20(14)33)25(38)29(41)17(24(28)37)19(32(5)6)22(35)16(23(29)36)26(30)39/h9-11,13,16-19,24,31,33,37,41H,7-8H2,1-6H3,(H2,30,39)/t11-,13?,16?,17+,18?,19-,24+,28+,29+/m1/s1. The number of fused-ring (bicyclic) bond motifs is 3. The van der Waals surface area contributed by atoms with Crippen molar-refractivity contribution < 1.29 is 48.8 Å². The van der Waals surface area contributed by atoms with Crippen LogP contribution in [0.3, 0.4) is 0 Å². The predicted octanol–water partition coefficient (Wildman–Crippen LogP) is -0.457. The van der Waals surface area contributed by atoms with Crippen LogP contribution in [0, 0.1) is 23.2 Å². The lowest BCUT2D eigenvalue weighted by Crippen LogP contribution is -2.79. The van der Waals surface area contributed by atoms with Gasteiger partial charge in [0, 0.05) is 5.41 Å². The quantitative estimate of drug-likeness (QED) is 0.156. The first-order valence-corrected chi connectivity index (χ1v) is 13.8. The zero-order valence-electron chi connectivity index (χ0n) is 24.3. The van der Waals surface area contributed by atoms with E-state index in [2.05, 4.69) is 5.32 Å². The van der Waals surface area contributed by atoms with E-state index in [1.807, 2.05) is 0 Å². The lowest BCUT2D eigenvalue weighted by Gasteiger charge is -2.60. The Labute approximate surface area is 242 Å². The summed E-state index contributed by atoms with van der Waals surface area (Å²) in [6.45, 7) is 6.58. The van der Waals surface area contributed by atoms with E-state index in [1.165, 1.54) is 38.1 Å². The van der Waals surface area contributed by atoms with Crippen molar-refractivity contribution in [2.75, 3.05) is 26.0 Å². The molecule has 1 aromatic carbocycles. The Balaban J connectivity index is 1.90. The Morgan fingerprint density at radius 2 is 1.76 bits per heavy atom. The number of ether oxygens (including phenoxy) is 1. The number of aromatic hydroxyl groups is 1. The summed E-state index contributed by atoms with van der Waals surface area (Å²) in [6.07, 6.45) is -1.48. The molecule has 2 fully saturated rings. The molecule has 13 nitrogen and oxygen atoms in total. The molecule has 1 amide bonds. The van der Waals surface area contributed by atoms with Gasteiger partial charge in [-0.05, 0) is 45.0 Å². The normalized spacial score (nSPS) is 34.8. The van der Waals surface area contributed by atoms with Crippen LogP contribution in [0.15, 0.2) is 12.1 Å². The first-order valence-electron chi connectivity index (χ1n) is 13.8. The minimum atomic E-state index is -3.10. The maximum atomic E-state index is 14.2. The number of esters is 1. The number of amides is 1. The lowest BCUT2D eigenvalue weighted by molar-refractivity contribution is -0.208. The second kappa shape index (κ2) is 10.5. The summed E-state index contributed by atoms with van der Waals surface area (Å²) in [5.41, 5.74) is 0.642. The van der Waals surface area contributed by atoms with E-state index in [9.17, 15) is 44.1 Å². The van der Waals surface area contributed by atoms with Crippen molar-refractivity contribution in [1.29, 1.82) is 0 Å². The molecular weight excluding hydrogens is 550 g/mol. The highest BCUT2D eigenvalue weighted by Crippen LogP contribution is 2.61. The molecule has 3 unspecified atom stereocenters. The number of carbonyl (C=O) groups is 6. The molecule has 6 N–H and O–H groups in total. The highest BCUT2D eigenvalue weighted by atomic mass is 16.5. The van der Waals surface area contributed by atoms with Gasteiger partial charge in [-0.3, -0.25) is 28.9 Å². The number of primary amides is 1. The van der Waals surface area contributed by atoms with Crippen LogP contribution < -0.4 is 11.1 Å². The van der Waals surface area contributed by atoms with Crippen LogP contribution in [-0.2, 0) is 28.7 Å². The van der Waals surface area contributed by atoms with Crippen molar-refractivity contribution in [3.8, 4) is 5.75 Å². The van der Waals surface area contributed by atoms with E-state index in [4.69, 9.17) is 10.5 Å². The number of nitrogens with one attached hydrogen (secondary N) is 1. The highest BCUT2D eigenvalue weighted by molar-refractivity contribution is 6.32. The molecule has 1 aromatic rings. The van der Waals surface area contributed by atoms with Crippen LogP contribution in [0.2, 0.25) is 0 Å². The van der Waals surface area contributed by atoms with Gasteiger partial charge in [-0.15, -0.1) is 0 Å². The number of aliphatic hydroxyl groups is 2. The number of phenolic OH excluding ortho intramolecular Hbond substituents is 1. The lowest BCUT2D eigenvalue weighted by atomic mass is 9.44. The molecule has 0 saturated heterocycles. The summed E-state index contributed by atoms with van der Waals surface area (Å²) in [7, 11) is 2.86. The van der Waals surface area contributed by atoms with Gasteiger partial charge < -0.3 is 31.1 Å². The average Bonchev–Trinajstić information content (AvgIpc) is 2.91. The van der Waals surface area contributed by atoms with Crippen LogP contribution in [0.25, 0.3) is 0 Å². The fraction of sp³-hybridized carbons (Fsp3) is 0.586. The largest absolute Gasteiger partial charge is 0.505 e. The molecule has 3 aliphatic carbocycles. The smallest absolute Gasteiger partial charge is 0.328 e. The van der Waals surface area contributed by atoms with Gasteiger partial charge in [0.1, 0.15) is 11.8 Å². The van der Waals surface area contributed by atoms with E-state index in [1.54, 1.807) is 20.8 Å². The Kier molecular flexibility index (Phi) is 7.85. The molecule has 9 atom stereocenters. The number of hydrogen-bond donors (Lipinski definition) is 5. The summed E-state index contributed by atoms with van der Waals surface area (Å²) in [5, 5.41) is 37.8. The minimum Gasteiger partial charge on any atom is -0.505 e. The fourth-order valence-corrected chi connectivity index (χ4v) is 7.17. The third-order valence-electron chi connectivity index (χ3n) is 9.54. The van der Waals surface area contributed by atoms with Gasteiger partial charge in [0.15, 0.2) is 34.7 Å². The van der Waals surface area contributed by atoms with Gasteiger partial charge in [-0.25, -0.2) is 4.79 Å². The first-order chi connectivity index (χ1) is 19.5. The van der Waals surface area contributed by atoms with Crippen LogP contribution in [0.1, 0.15) is 56.0 Å². The third-order valence-corrected chi connectivity index (χ3v) is 9.54. The van der Waals surface area contributed by atoms with Crippen molar-refractivity contribution in [3.63, 3.8) is 0 Å². The molecule has 2 saturated carbocycles.